The van der Waals surface area contributed by atoms with E-state index in [-0.39, 0.29) is 5.69 Å². The number of fused-ring (bicyclic) bond motifs is 1. The molecule has 0 aliphatic heterocycles. The van der Waals surface area contributed by atoms with Gasteiger partial charge in [0.2, 0.25) is 0 Å². The van der Waals surface area contributed by atoms with E-state index in [4.69, 9.17) is 4.74 Å². The Labute approximate surface area is 149 Å². The molecule has 26 heavy (non-hydrogen) atoms. The average molecular weight is 346 g/mol. The third-order valence-electron chi connectivity index (χ3n) is 4.23. The molecule has 0 aliphatic carbocycles. The molecule has 0 atom stereocenters. The summed E-state index contributed by atoms with van der Waals surface area (Å²) in [5.74, 6) is 0.804. The standard InChI is InChI=1S/C20H18N4O2/c1-26-19-5-3-2-4-17(19)22-11-13-8-15(12-21-10-13)14-6-7-16-18(9-14)24-20(25)23-16/h2-10,12,22H,11H2,1H3,(H2,23,24,25). The van der Waals surface area contributed by atoms with Crippen molar-refractivity contribution in [2.75, 3.05) is 12.4 Å². The van der Waals surface area contributed by atoms with Gasteiger partial charge in [-0.05, 0) is 41.5 Å². The summed E-state index contributed by atoms with van der Waals surface area (Å²) in [5, 5.41) is 3.37. The minimum atomic E-state index is -0.204. The van der Waals surface area contributed by atoms with Gasteiger partial charge in [0.1, 0.15) is 5.75 Å². The van der Waals surface area contributed by atoms with Gasteiger partial charge < -0.3 is 20.0 Å². The van der Waals surface area contributed by atoms with Crippen molar-refractivity contribution in [3.05, 3.63) is 77.0 Å². The summed E-state index contributed by atoms with van der Waals surface area (Å²) >= 11 is 0. The lowest BCUT2D eigenvalue weighted by Crippen LogP contribution is -2.01. The molecule has 0 saturated carbocycles. The van der Waals surface area contributed by atoms with Crippen LogP contribution in [0.2, 0.25) is 0 Å². The maximum Gasteiger partial charge on any atom is 0.323 e. The number of imidazole rings is 1. The van der Waals surface area contributed by atoms with Crippen LogP contribution >= 0.6 is 0 Å². The molecule has 2 aromatic heterocycles. The number of ether oxygens (including phenoxy) is 1. The molecule has 2 aromatic carbocycles. The number of rotatable bonds is 5. The average Bonchev–Trinajstić information content (AvgIpc) is 3.06. The van der Waals surface area contributed by atoms with Crippen LogP contribution in [0.4, 0.5) is 5.69 Å². The van der Waals surface area contributed by atoms with Crippen LogP contribution in [0.5, 0.6) is 5.75 Å². The molecule has 0 fully saturated rings. The number of hydrogen-bond acceptors (Lipinski definition) is 4. The van der Waals surface area contributed by atoms with Gasteiger partial charge in [0.05, 0.1) is 23.8 Å². The number of hydrogen-bond donors (Lipinski definition) is 3. The fourth-order valence-corrected chi connectivity index (χ4v) is 2.94. The van der Waals surface area contributed by atoms with E-state index in [9.17, 15) is 4.79 Å². The van der Waals surface area contributed by atoms with Gasteiger partial charge in [-0.1, -0.05) is 18.2 Å². The number of benzene rings is 2. The van der Waals surface area contributed by atoms with E-state index < -0.39 is 0 Å². The maximum atomic E-state index is 11.4. The number of para-hydroxylation sites is 2. The van der Waals surface area contributed by atoms with Crippen LogP contribution in [0.1, 0.15) is 5.56 Å². The SMILES string of the molecule is COc1ccccc1NCc1cncc(-c2ccc3[nH]c(=O)[nH]c3c2)c1. The summed E-state index contributed by atoms with van der Waals surface area (Å²) in [6.07, 6.45) is 3.65. The van der Waals surface area contributed by atoms with Gasteiger partial charge in [-0.25, -0.2) is 4.79 Å². The molecular formula is C20H18N4O2. The highest BCUT2D eigenvalue weighted by Crippen LogP contribution is 2.25. The van der Waals surface area contributed by atoms with E-state index in [0.717, 1.165) is 39.2 Å². The summed E-state index contributed by atoms with van der Waals surface area (Å²) in [4.78, 5) is 21.3. The molecule has 0 saturated heterocycles. The Bertz CT molecular complexity index is 1110. The van der Waals surface area contributed by atoms with E-state index in [2.05, 4.69) is 26.3 Å². The Kier molecular flexibility index (Phi) is 4.15. The molecule has 0 aliphatic rings. The zero-order valence-electron chi connectivity index (χ0n) is 14.2. The number of aromatic amines is 2. The second-order valence-electron chi connectivity index (χ2n) is 5.98. The van der Waals surface area contributed by atoms with E-state index in [1.165, 1.54) is 0 Å². The molecule has 0 radical (unpaired) electrons. The zero-order chi connectivity index (χ0) is 17.9. The largest absolute Gasteiger partial charge is 0.495 e. The van der Waals surface area contributed by atoms with Crippen LogP contribution in [0.3, 0.4) is 0 Å². The molecule has 0 bridgehead atoms. The number of aromatic nitrogens is 3. The van der Waals surface area contributed by atoms with Crippen molar-refractivity contribution in [1.29, 1.82) is 0 Å². The Morgan fingerprint density at radius 1 is 1.00 bits per heavy atom. The molecule has 0 spiro atoms. The van der Waals surface area contributed by atoms with Crippen molar-refractivity contribution in [1.82, 2.24) is 15.0 Å². The Balaban J connectivity index is 1.58. The molecule has 130 valence electrons. The zero-order valence-corrected chi connectivity index (χ0v) is 14.2. The third-order valence-corrected chi connectivity index (χ3v) is 4.23. The van der Waals surface area contributed by atoms with Gasteiger partial charge in [0.25, 0.3) is 0 Å². The van der Waals surface area contributed by atoms with Crippen molar-refractivity contribution in [3.63, 3.8) is 0 Å². The molecule has 6 nitrogen and oxygen atoms in total. The van der Waals surface area contributed by atoms with Crippen molar-refractivity contribution in [2.45, 2.75) is 6.54 Å². The van der Waals surface area contributed by atoms with Crippen molar-refractivity contribution >= 4 is 16.7 Å². The highest BCUT2D eigenvalue weighted by atomic mass is 16.5. The highest BCUT2D eigenvalue weighted by molar-refractivity contribution is 5.81. The van der Waals surface area contributed by atoms with Crippen LogP contribution in [-0.4, -0.2) is 22.1 Å². The number of methoxy groups -OCH3 is 1. The lowest BCUT2D eigenvalue weighted by molar-refractivity contribution is 0.416. The minimum Gasteiger partial charge on any atom is -0.495 e. The van der Waals surface area contributed by atoms with Crippen LogP contribution in [-0.2, 0) is 6.54 Å². The first kappa shape index (κ1) is 16.0. The Hall–Kier alpha value is -3.54. The van der Waals surface area contributed by atoms with Gasteiger partial charge in [0.15, 0.2) is 0 Å². The number of H-pyrrole nitrogens is 2. The quantitative estimate of drug-likeness (QED) is 0.516. The van der Waals surface area contributed by atoms with Crippen LogP contribution in [0, 0.1) is 0 Å². The first-order valence-electron chi connectivity index (χ1n) is 8.26. The molecule has 0 unspecified atom stereocenters. The Morgan fingerprint density at radius 2 is 1.85 bits per heavy atom. The molecular weight excluding hydrogens is 328 g/mol. The highest BCUT2D eigenvalue weighted by Gasteiger charge is 2.05. The fraction of sp³-hybridized carbons (Fsp3) is 0.100. The lowest BCUT2D eigenvalue weighted by Gasteiger charge is -2.11. The molecule has 0 amide bonds. The van der Waals surface area contributed by atoms with E-state index in [1.54, 1.807) is 7.11 Å². The Morgan fingerprint density at radius 3 is 2.73 bits per heavy atom. The summed E-state index contributed by atoms with van der Waals surface area (Å²) in [5.41, 5.74) is 5.35. The monoisotopic (exact) mass is 346 g/mol. The number of anilines is 1. The predicted octanol–water partition coefficient (Wildman–Crippen LogP) is 3.54. The van der Waals surface area contributed by atoms with Crippen LogP contribution < -0.4 is 15.7 Å². The van der Waals surface area contributed by atoms with Crippen LogP contribution in [0.25, 0.3) is 22.2 Å². The summed E-state index contributed by atoms with van der Waals surface area (Å²) < 4.78 is 5.36. The predicted molar refractivity (Wildman–Crippen MR) is 102 cm³/mol. The van der Waals surface area contributed by atoms with Crippen molar-refractivity contribution < 1.29 is 4.74 Å². The molecule has 6 heteroatoms. The lowest BCUT2D eigenvalue weighted by atomic mass is 10.1. The summed E-state index contributed by atoms with van der Waals surface area (Å²) in [6.45, 7) is 0.629. The normalized spacial score (nSPS) is 10.8. The molecule has 4 rings (SSSR count). The van der Waals surface area contributed by atoms with Crippen molar-refractivity contribution in [2.24, 2.45) is 0 Å². The summed E-state index contributed by atoms with van der Waals surface area (Å²) in [6, 6.07) is 15.7. The van der Waals surface area contributed by atoms with Gasteiger partial charge in [-0.15, -0.1) is 0 Å². The molecule has 4 aromatic rings. The van der Waals surface area contributed by atoms with E-state index in [1.807, 2.05) is 54.9 Å². The number of nitrogens with one attached hydrogen (secondary N) is 3. The number of nitrogens with zero attached hydrogens (tertiary/aromatic N) is 1. The topological polar surface area (TPSA) is 82.8 Å². The van der Waals surface area contributed by atoms with Crippen LogP contribution in [0.15, 0.2) is 65.7 Å². The second-order valence-corrected chi connectivity index (χ2v) is 5.98. The fourth-order valence-electron chi connectivity index (χ4n) is 2.94. The summed E-state index contributed by atoms with van der Waals surface area (Å²) in [7, 11) is 1.66. The van der Waals surface area contributed by atoms with Crippen molar-refractivity contribution in [3.8, 4) is 16.9 Å². The maximum absolute atomic E-state index is 11.4. The smallest absolute Gasteiger partial charge is 0.323 e. The van der Waals surface area contributed by atoms with E-state index in [0.29, 0.717) is 6.54 Å². The second kappa shape index (κ2) is 6.76. The first-order chi connectivity index (χ1) is 12.7. The van der Waals surface area contributed by atoms with Gasteiger partial charge >= 0.3 is 5.69 Å². The van der Waals surface area contributed by atoms with Gasteiger partial charge in [-0.2, -0.15) is 0 Å². The minimum absolute atomic E-state index is 0.204. The molecule has 2 heterocycles. The molecule has 3 N–H and O–H groups in total. The third kappa shape index (κ3) is 3.17. The number of pyridine rings is 1. The van der Waals surface area contributed by atoms with Gasteiger partial charge in [-0.3, -0.25) is 4.98 Å². The first-order valence-corrected chi connectivity index (χ1v) is 8.26. The van der Waals surface area contributed by atoms with E-state index >= 15 is 0 Å². The van der Waals surface area contributed by atoms with Gasteiger partial charge in [0, 0.05) is 24.5 Å².